The summed E-state index contributed by atoms with van der Waals surface area (Å²) in [6.45, 7) is 2.19. The largest absolute Gasteiger partial charge is 0.338 e. The van der Waals surface area contributed by atoms with Gasteiger partial charge in [-0.3, -0.25) is 4.79 Å². The molecule has 0 saturated carbocycles. The molecule has 0 bridgehead atoms. The number of urea groups is 1. The van der Waals surface area contributed by atoms with Crippen molar-refractivity contribution >= 4 is 24.3 Å². The van der Waals surface area contributed by atoms with E-state index < -0.39 is 0 Å². The van der Waals surface area contributed by atoms with Gasteiger partial charge in [0.25, 0.3) is 0 Å². The van der Waals surface area contributed by atoms with Gasteiger partial charge < -0.3 is 20.9 Å². The Hall–Kier alpha value is -1.79. The van der Waals surface area contributed by atoms with Gasteiger partial charge in [0.2, 0.25) is 5.91 Å². The van der Waals surface area contributed by atoms with E-state index in [-0.39, 0.29) is 30.4 Å². The molecule has 1 saturated heterocycles. The number of hydrogen-bond acceptors (Lipinski definition) is 3. The molecule has 1 fully saturated rings. The number of benzene rings is 1. The summed E-state index contributed by atoms with van der Waals surface area (Å²) in [7, 11) is 1.75. The van der Waals surface area contributed by atoms with Crippen LogP contribution in [0.25, 0.3) is 0 Å². The molecule has 0 aliphatic carbocycles. The maximum absolute atomic E-state index is 12.2. The van der Waals surface area contributed by atoms with Crippen LogP contribution in [0.3, 0.4) is 0 Å². The lowest BCUT2D eigenvalue weighted by Gasteiger charge is -2.24. The normalized spacial score (nSPS) is 16.4. The van der Waals surface area contributed by atoms with Crippen LogP contribution in [0.4, 0.5) is 4.79 Å². The molecule has 1 aromatic carbocycles. The lowest BCUT2D eigenvalue weighted by atomic mass is 10.2. The zero-order valence-corrected chi connectivity index (χ0v) is 14.9. The lowest BCUT2D eigenvalue weighted by Crippen LogP contribution is -2.42. The molecule has 6 nitrogen and oxygen atoms in total. The molecule has 0 spiro atoms. The maximum atomic E-state index is 12.2. The monoisotopic (exact) mass is 354 g/mol. The average Bonchev–Trinajstić information content (AvgIpc) is 3.04. The number of rotatable bonds is 6. The van der Waals surface area contributed by atoms with E-state index in [4.69, 9.17) is 5.73 Å². The molecule has 1 heterocycles. The summed E-state index contributed by atoms with van der Waals surface area (Å²) >= 11 is 0. The van der Waals surface area contributed by atoms with Crippen LogP contribution < -0.4 is 11.1 Å². The third-order valence-electron chi connectivity index (χ3n) is 4.19. The molecule has 7 heteroatoms. The van der Waals surface area contributed by atoms with Crippen LogP contribution in [0.2, 0.25) is 0 Å². The molecular formula is C17H27ClN4O2. The molecular weight excluding hydrogens is 328 g/mol. The fraction of sp³-hybridized carbons (Fsp3) is 0.529. The lowest BCUT2D eigenvalue weighted by molar-refractivity contribution is -0.131. The molecule has 0 radical (unpaired) electrons. The summed E-state index contributed by atoms with van der Waals surface area (Å²) in [6, 6.07) is 9.80. The number of amides is 3. The number of halogens is 1. The summed E-state index contributed by atoms with van der Waals surface area (Å²) < 4.78 is 0. The molecule has 1 aliphatic rings. The number of carbonyl (C=O) groups excluding carboxylic acids is 2. The Morgan fingerprint density at radius 3 is 2.71 bits per heavy atom. The van der Waals surface area contributed by atoms with Gasteiger partial charge in [-0.1, -0.05) is 30.3 Å². The first-order valence-corrected chi connectivity index (χ1v) is 8.14. The number of nitrogens with two attached hydrogens (primary N) is 1. The van der Waals surface area contributed by atoms with Crippen molar-refractivity contribution in [3.05, 3.63) is 35.9 Å². The van der Waals surface area contributed by atoms with Gasteiger partial charge in [-0.25, -0.2) is 4.79 Å². The summed E-state index contributed by atoms with van der Waals surface area (Å²) in [6.07, 6.45) is 2.32. The Balaban J connectivity index is 0.00000288. The third kappa shape index (κ3) is 5.69. The van der Waals surface area contributed by atoms with E-state index in [9.17, 15) is 9.59 Å². The van der Waals surface area contributed by atoms with Crippen LogP contribution in [-0.4, -0.2) is 54.5 Å². The van der Waals surface area contributed by atoms with Gasteiger partial charge >= 0.3 is 6.03 Å². The molecule has 3 N–H and O–H groups in total. The quantitative estimate of drug-likeness (QED) is 0.814. The molecule has 1 aromatic rings. The van der Waals surface area contributed by atoms with Crippen molar-refractivity contribution in [2.45, 2.75) is 31.8 Å². The average molecular weight is 355 g/mol. The third-order valence-corrected chi connectivity index (χ3v) is 4.19. The van der Waals surface area contributed by atoms with Gasteiger partial charge in [-0.2, -0.15) is 0 Å². The minimum absolute atomic E-state index is 0. The van der Waals surface area contributed by atoms with E-state index in [0.717, 1.165) is 24.9 Å². The van der Waals surface area contributed by atoms with Crippen LogP contribution in [0, 0.1) is 0 Å². The predicted octanol–water partition coefficient (Wildman–Crippen LogP) is 1.59. The smallest absolute Gasteiger partial charge is 0.317 e. The van der Waals surface area contributed by atoms with Gasteiger partial charge in [0.15, 0.2) is 0 Å². The first-order chi connectivity index (χ1) is 11.1. The first-order valence-electron chi connectivity index (χ1n) is 8.14. The molecule has 1 aliphatic heterocycles. The van der Waals surface area contributed by atoms with Gasteiger partial charge in [0.1, 0.15) is 0 Å². The van der Waals surface area contributed by atoms with E-state index >= 15 is 0 Å². The Labute approximate surface area is 149 Å². The van der Waals surface area contributed by atoms with Crippen molar-refractivity contribution in [3.8, 4) is 0 Å². The molecule has 1 unspecified atom stereocenters. The van der Waals surface area contributed by atoms with Crippen LogP contribution in [0.5, 0.6) is 0 Å². The van der Waals surface area contributed by atoms with Crippen LogP contribution in [0.15, 0.2) is 30.3 Å². The van der Waals surface area contributed by atoms with E-state index in [1.807, 2.05) is 35.2 Å². The fourth-order valence-corrected chi connectivity index (χ4v) is 2.89. The Bertz CT molecular complexity index is 527. The number of likely N-dealkylation sites (tertiary alicyclic amines) is 1. The second-order valence-electron chi connectivity index (χ2n) is 5.94. The highest BCUT2D eigenvalue weighted by Crippen LogP contribution is 2.16. The van der Waals surface area contributed by atoms with Crippen molar-refractivity contribution in [2.24, 2.45) is 5.73 Å². The van der Waals surface area contributed by atoms with E-state index in [0.29, 0.717) is 26.1 Å². The van der Waals surface area contributed by atoms with E-state index in [1.165, 1.54) is 0 Å². The Kier molecular flexibility index (Phi) is 8.57. The minimum Gasteiger partial charge on any atom is -0.338 e. The van der Waals surface area contributed by atoms with Crippen molar-refractivity contribution < 1.29 is 9.59 Å². The highest BCUT2D eigenvalue weighted by Gasteiger charge is 2.27. The molecule has 3 amide bonds. The molecule has 0 aromatic heterocycles. The van der Waals surface area contributed by atoms with Crippen LogP contribution in [0.1, 0.15) is 24.8 Å². The standard InChI is InChI=1S/C17H26N4O2.ClH/c1-20(13-14-6-3-2-4-7-14)17(23)19-10-9-16(22)21-11-5-8-15(21)12-18;/h2-4,6-7,15H,5,8-13,18H2,1H3,(H,19,23);1H. The zero-order chi connectivity index (χ0) is 16.7. The first kappa shape index (κ1) is 20.3. The van der Waals surface area contributed by atoms with E-state index in [2.05, 4.69) is 5.32 Å². The number of nitrogens with zero attached hydrogens (tertiary/aromatic N) is 2. The fourth-order valence-electron chi connectivity index (χ4n) is 2.89. The topological polar surface area (TPSA) is 78.7 Å². The molecule has 24 heavy (non-hydrogen) atoms. The van der Waals surface area contributed by atoms with Gasteiger partial charge in [-0.05, 0) is 18.4 Å². The predicted molar refractivity (Wildman–Crippen MR) is 97.0 cm³/mol. The maximum Gasteiger partial charge on any atom is 0.317 e. The van der Waals surface area contributed by atoms with Crippen molar-refractivity contribution in [1.82, 2.24) is 15.1 Å². The van der Waals surface area contributed by atoms with Crippen molar-refractivity contribution in [3.63, 3.8) is 0 Å². The number of hydrogen-bond donors (Lipinski definition) is 2. The minimum atomic E-state index is -0.168. The number of carbonyl (C=O) groups is 2. The van der Waals surface area contributed by atoms with Crippen molar-refractivity contribution in [2.75, 3.05) is 26.7 Å². The van der Waals surface area contributed by atoms with Crippen molar-refractivity contribution in [1.29, 1.82) is 0 Å². The van der Waals surface area contributed by atoms with Gasteiger partial charge in [0, 0.05) is 45.7 Å². The number of nitrogens with one attached hydrogen (secondary N) is 1. The van der Waals surface area contributed by atoms with Crippen LogP contribution in [-0.2, 0) is 11.3 Å². The second kappa shape index (κ2) is 10.2. The Morgan fingerprint density at radius 2 is 2.04 bits per heavy atom. The summed E-state index contributed by atoms with van der Waals surface area (Å²) in [5.74, 6) is 0.0731. The highest BCUT2D eigenvalue weighted by molar-refractivity contribution is 5.85. The zero-order valence-electron chi connectivity index (χ0n) is 14.1. The van der Waals surface area contributed by atoms with Crippen LogP contribution >= 0.6 is 12.4 Å². The second-order valence-corrected chi connectivity index (χ2v) is 5.94. The molecule has 2 rings (SSSR count). The van der Waals surface area contributed by atoms with Gasteiger partial charge in [0.05, 0.1) is 0 Å². The van der Waals surface area contributed by atoms with Gasteiger partial charge in [-0.15, -0.1) is 12.4 Å². The molecule has 134 valence electrons. The summed E-state index contributed by atoms with van der Waals surface area (Å²) in [5, 5.41) is 2.80. The SMILES string of the molecule is CN(Cc1ccccc1)C(=O)NCCC(=O)N1CCCC1CN.Cl. The van der Waals surface area contributed by atoms with E-state index in [1.54, 1.807) is 11.9 Å². The molecule has 1 atom stereocenters. The highest BCUT2D eigenvalue weighted by atomic mass is 35.5. The summed E-state index contributed by atoms with van der Waals surface area (Å²) in [5.41, 5.74) is 6.75. The Morgan fingerprint density at radius 1 is 1.33 bits per heavy atom. The summed E-state index contributed by atoms with van der Waals surface area (Å²) in [4.78, 5) is 27.7.